The SMILES string of the molecule is CC(C)[C@@H]1CN(C(=O)c2sccc2Cl)C[C@H]1NS(=O)(=O)N(C)C. The van der Waals surface area contributed by atoms with E-state index >= 15 is 0 Å². The molecule has 1 aromatic rings. The molecule has 23 heavy (non-hydrogen) atoms. The minimum atomic E-state index is -3.54. The highest BCUT2D eigenvalue weighted by Crippen LogP contribution is 2.29. The highest BCUT2D eigenvalue weighted by molar-refractivity contribution is 7.87. The van der Waals surface area contributed by atoms with Crippen molar-refractivity contribution in [3.8, 4) is 0 Å². The number of hydrogen-bond donors (Lipinski definition) is 1. The maximum atomic E-state index is 12.6. The predicted molar refractivity (Wildman–Crippen MR) is 93.1 cm³/mol. The van der Waals surface area contributed by atoms with Crippen LogP contribution in [0, 0.1) is 11.8 Å². The monoisotopic (exact) mass is 379 g/mol. The molecule has 1 aliphatic rings. The number of carbonyl (C=O) groups excluding carboxylic acids is 1. The number of rotatable bonds is 5. The number of likely N-dealkylation sites (tertiary alicyclic amines) is 1. The molecular formula is C14H22ClN3O3S2. The highest BCUT2D eigenvalue weighted by Gasteiger charge is 2.40. The Morgan fingerprint density at radius 3 is 2.57 bits per heavy atom. The summed E-state index contributed by atoms with van der Waals surface area (Å²) in [4.78, 5) is 14.8. The van der Waals surface area contributed by atoms with Crippen molar-refractivity contribution < 1.29 is 13.2 Å². The van der Waals surface area contributed by atoms with E-state index in [1.165, 1.54) is 25.4 Å². The van der Waals surface area contributed by atoms with Crippen LogP contribution >= 0.6 is 22.9 Å². The van der Waals surface area contributed by atoms with Crippen molar-refractivity contribution in [2.45, 2.75) is 19.9 Å². The van der Waals surface area contributed by atoms with Crippen LogP contribution in [-0.4, -0.2) is 56.8 Å². The van der Waals surface area contributed by atoms with Crippen LogP contribution in [0.25, 0.3) is 0 Å². The van der Waals surface area contributed by atoms with Gasteiger partial charge in [0.1, 0.15) is 4.88 Å². The van der Waals surface area contributed by atoms with Crippen molar-refractivity contribution in [1.82, 2.24) is 13.9 Å². The van der Waals surface area contributed by atoms with Gasteiger partial charge in [0.15, 0.2) is 0 Å². The molecule has 0 aromatic carbocycles. The second-order valence-electron chi connectivity index (χ2n) is 6.23. The molecule has 9 heteroatoms. The molecule has 1 N–H and O–H groups in total. The summed E-state index contributed by atoms with van der Waals surface area (Å²) >= 11 is 7.34. The minimum Gasteiger partial charge on any atom is -0.336 e. The summed E-state index contributed by atoms with van der Waals surface area (Å²) in [5.74, 6) is 0.177. The summed E-state index contributed by atoms with van der Waals surface area (Å²) in [6, 6.07) is 1.40. The Bertz CT molecular complexity index is 673. The van der Waals surface area contributed by atoms with Crippen LogP contribution in [-0.2, 0) is 10.2 Å². The molecule has 1 amide bonds. The Morgan fingerprint density at radius 1 is 1.43 bits per heavy atom. The highest BCUT2D eigenvalue weighted by atomic mass is 35.5. The maximum absolute atomic E-state index is 12.6. The van der Waals surface area contributed by atoms with Gasteiger partial charge in [0, 0.05) is 33.2 Å². The summed E-state index contributed by atoms with van der Waals surface area (Å²) in [6.45, 7) is 4.94. The van der Waals surface area contributed by atoms with E-state index < -0.39 is 10.2 Å². The Balaban J connectivity index is 2.18. The van der Waals surface area contributed by atoms with Crippen LogP contribution < -0.4 is 4.72 Å². The van der Waals surface area contributed by atoms with E-state index in [-0.39, 0.29) is 23.8 Å². The van der Waals surface area contributed by atoms with Gasteiger partial charge in [-0.3, -0.25) is 4.79 Å². The minimum absolute atomic E-state index is 0.0624. The summed E-state index contributed by atoms with van der Waals surface area (Å²) in [5, 5.41) is 2.22. The molecule has 0 unspecified atom stereocenters. The van der Waals surface area contributed by atoms with E-state index in [1.807, 2.05) is 13.8 Å². The van der Waals surface area contributed by atoms with Gasteiger partial charge in [-0.1, -0.05) is 25.4 Å². The third-order valence-electron chi connectivity index (χ3n) is 4.10. The first-order chi connectivity index (χ1) is 10.6. The molecule has 2 heterocycles. The van der Waals surface area contributed by atoms with Crippen LogP contribution in [0.15, 0.2) is 11.4 Å². The fourth-order valence-electron chi connectivity index (χ4n) is 2.68. The molecule has 0 spiro atoms. The van der Waals surface area contributed by atoms with Crippen LogP contribution in [0.4, 0.5) is 0 Å². The van der Waals surface area contributed by atoms with E-state index in [2.05, 4.69) is 4.72 Å². The third-order valence-corrected chi connectivity index (χ3v) is 6.99. The van der Waals surface area contributed by atoms with Gasteiger partial charge in [0.2, 0.25) is 0 Å². The molecule has 0 radical (unpaired) electrons. The number of nitrogens with one attached hydrogen (secondary N) is 1. The molecule has 2 atom stereocenters. The van der Waals surface area contributed by atoms with Gasteiger partial charge in [0.25, 0.3) is 16.1 Å². The van der Waals surface area contributed by atoms with Crippen molar-refractivity contribution in [2.75, 3.05) is 27.2 Å². The number of hydrogen-bond acceptors (Lipinski definition) is 4. The largest absolute Gasteiger partial charge is 0.336 e. The zero-order chi connectivity index (χ0) is 17.4. The fraction of sp³-hybridized carbons (Fsp3) is 0.643. The number of nitrogens with zero attached hydrogens (tertiary/aromatic N) is 2. The average molecular weight is 380 g/mol. The molecule has 1 aliphatic heterocycles. The summed E-state index contributed by atoms with van der Waals surface area (Å²) < 4.78 is 28.1. The third kappa shape index (κ3) is 4.06. The van der Waals surface area contributed by atoms with E-state index in [4.69, 9.17) is 11.6 Å². The van der Waals surface area contributed by atoms with Gasteiger partial charge in [0.05, 0.1) is 5.02 Å². The van der Waals surface area contributed by atoms with Gasteiger partial charge >= 0.3 is 0 Å². The quantitative estimate of drug-likeness (QED) is 0.849. The molecule has 1 aromatic heterocycles. The average Bonchev–Trinajstić information content (AvgIpc) is 3.04. The predicted octanol–water partition coefficient (Wildman–Crippen LogP) is 1.89. The summed E-state index contributed by atoms with van der Waals surface area (Å²) in [5.41, 5.74) is 0. The van der Waals surface area contributed by atoms with E-state index in [0.717, 1.165) is 4.31 Å². The van der Waals surface area contributed by atoms with Crippen molar-refractivity contribution in [2.24, 2.45) is 11.8 Å². The Kier molecular flexibility index (Phi) is 5.73. The second-order valence-corrected chi connectivity index (χ2v) is 9.47. The van der Waals surface area contributed by atoms with Crippen molar-refractivity contribution in [3.05, 3.63) is 21.3 Å². The van der Waals surface area contributed by atoms with Gasteiger partial charge in [-0.05, 0) is 23.3 Å². The Hall–Kier alpha value is -0.670. The Morgan fingerprint density at radius 2 is 2.09 bits per heavy atom. The molecule has 1 fully saturated rings. The smallest absolute Gasteiger partial charge is 0.279 e. The lowest BCUT2D eigenvalue weighted by Gasteiger charge is -2.24. The Labute approximate surface area is 146 Å². The lowest BCUT2D eigenvalue weighted by molar-refractivity contribution is 0.0788. The number of halogens is 1. The topological polar surface area (TPSA) is 69.7 Å². The van der Waals surface area contributed by atoms with E-state index in [1.54, 1.807) is 16.3 Å². The molecule has 1 saturated heterocycles. The summed E-state index contributed by atoms with van der Waals surface area (Å²) in [6.07, 6.45) is 0. The van der Waals surface area contributed by atoms with Gasteiger partial charge in [-0.15, -0.1) is 11.3 Å². The van der Waals surface area contributed by atoms with Crippen LogP contribution in [0.2, 0.25) is 5.02 Å². The lowest BCUT2D eigenvalue weighted by Crippen LogP contribution is -2.46. The van der Waals surface area contributed by atoms with Crippen LogP contribution in [0.3, 0.4) is 0 Å². The first-order valence-corrected chi connectivity index (χ1v) is 10.0. The lowest BCUT2D eigenvalue weighted by atomic mass is 9.92. The zero-order valence-electron chi connectivity index (χ0n) is 13.6. The second kappa shape index (κ2) is 7.06. The normalized spacial score (nSPS) is 22.3. The fourth-order valence-corrected chi connectivity index (χ4v) is 4.63. The molecule has 0 saturated carbocycles. The molecule has 6 nitrogen and oxygen atoms in total. The first-order valence-electron chi connectivity index (χ1n) is 7.35. The molecule has 0 aliphatic carbocycles. The van der Waals surface area contributed by atoms with Gasteiger partial charge in [-0.2, -0.15) is 17.4 Å². The zero-order valence-corrected chi connectivity index (χ0v) is 16.0. The first kappa shape index (κ1) is 18.7. The van der Waals surface area contributed by atoms with Crippen LogP contribution in [0.5, 0.6) is 0 Å². The number of thiophene rings is 1. The molecular weight excluding hydrogens is 358 g/mol. The van der Waals surface area contributed by atoms with E-state index in [0.29, 0.717) is 23.0 Å². The molecule has 0 bridgehead atoms. The maximum Gasteiger partial charge on any atom is 0.279 e. The van der Waals surface area contributed by atoms with Crippen molar-refractivity contribution >= 4 is 39.1 Å². The summed E-state index contributed by atoms with van der Waals surface area (Å²) in [7, 11) is -0.573. The standard InChI is InChI=1S/C14H22ClN3O3S2/c1-9(2)10-7-18(14(19)13-11(15)5-6-22-13)8-12(10)16-23(20,21)17(3)4/h5-6,9-10,12,16H,7-8H2,1-4H3/t10-,12+/m0/s1. The molecule has 130 valence electrons. The van der Waals surface area contributed by atoms with Crippen molar-refractivity contribution in [1.29, 1.82) is 0 Å². The van der Waals surface area contributed by atoms with Gasteiger partial charge in [-0.25, -0.2) is 0 Å². The number of amides is 1. The van der Waals surface area contributed by atoms with Gasteiger partial charge < -0.3 is 4.90 Å². The van der Waals surface area contributed by atoms with Crippen LogP contribution in [0.1, 0.15) is 23.5 Å². The molecule has 2 rings (SSSR count). The van der Waals surface area contributed by atoms with Crippen molar-refractivity contribution in [3.63, 3.8) is 0 Å². The van der Waals surface area contributed by atoms with E-state index in [9.17, 15) is 13.2 Å². The number of carbonyl (C=O) groups is 1.